The van der Waals surface area contributed by atoms with Crippen molar-refractivity contribution in [3.63, 3.8) is 0 Å². The third-order valence-corrected chi connectivity index (χ3v) is 6.22. The van der Waals surface area contributed by atoms with Crippen LogP contribution in [-0.2, 0) is 9.53 Å². The van der Waals surface area contributed by atoms with Crippen molar-refractivity contribution in [1.82, 2.24) is 4.90 Å². The summed E-state index contributed by atoms with van der Waals surface area (Å²) in [5, 5.41) is 11.6. The molecule has 1 atom stereocenters. The number of nitrogens with zero attached hydrogens (tertiary/aromatic N) is 1. The minimum Gasteiger partial charge on any atom is -0.503 e. The van der Waals surface area contributed by atoms with Crippen LogP contribution >= 0.6 is 15.9 Å². The van der Waals surface area contributed by atoms with E-state index in [1.165, 1.54) is 0 Å². The molecule has 1 aromatic heterocycles. The van der Waals surface area contributed by atoms with Crippen LogP contribution in [0.4, 0.5) is 0 Å². The van der Waals surface area contributed by atoms with Gasteiger partial charge in [0.2, 0.25) is 5.78 Å². The van der Waals surface area contributed by atoms with Crippen LogP contribution in [0.2, 0.25) is 0 Å². The van der Waals surface area contributed by atoms with Gasteiger partial charge in [0.1, 0.15) is 5.58 Å². The molecule has 2 heterocycles. The minimum absolute atomic E-state index is 0.0391. The zero-order valence-electron chi connectivity index (χ0n) is 18.8. The SMILES string of the molecule is Cc1ccccc1C1C(C(=O)c2cc3cc(Br)ccc3o2)=C(O)C(=O)N1CCCOC(C)C. The van der Waals surface area contributed by atoms with E-state index < -0.39 is 23.5 Å². The van der Waals surface area contributed by atoms with E-state index >= 15 is 0 Å². The van der Waals surface area contributed by atoms with Gasteiger partial charge in [0.25, 0.3) is 5.91 Å². The second-order valence-corrected chi connectivity index (χ2v) is 9.33. The number of Topliss-reactive ketones (excluding diaryl/α,β-unsaturated/α-hetero) is 1. The summed E-state index contributed by atoms with van der Waals surface area (Å²) in [6.45, 7) is 6.65. The van der Waals surface area contributed by atoms with Crippen LogP contribution in [0.3, 0.4) is 0 Å². The molecule has 0 aliphatic carbocycles. The van der Waals surface area contributed by atoms with E-state index in [-0.39, 0.29) is 17.4 Å². The van der Waals surface area contributed by atoms with Crippen molar-refractivity contribution in [1.29, 1.82) is 0 Å². The highest BCUT2D eigenvalue weighted by Gasteiger charge is 2.44. The lowest BCUT2D eigenvalue weighted by atomic mass is 9.92. The van der Waals surface area contributed by atoms with E-state index in [9.17, 15) is 14.7 Å². The summed E-state index contributed by atoms with van der Waals surface area (Å²) >= 11 is 3.42. The number of hydrogen-bond acceptors (Lipinski definition) is 5. The fourth-order valence-corrected chi connectivity index (χ4v) is 4.52. The second-order valence-electron chi connectivity index (χ2n) is 8.41. The van der Waals surface area contributed by atoms with Crippen molar-refractivity contribution in [2.24, 2.45) is 0 Å². The predicted molar refractivity (Wildman–Crippen MR) is 129 cm³/mol. The average Bonchev–Trinajstić information content (AvgIpc) is 3.30. The molecule has 0 saturated carbocycles. The molecule has 7 heteroatoms. The molecule has 0 saturated heterocycles. The summed E-state index contributed by atoms with van der Waals surface area (Å²) in [4.78, 5) is 28.2. The fraction of sp³-hybridized carbons (Fsp3) is 0.308. The number of furan rings is 1. The first kappa shape index (κ1) is 23.3. The molecular weight excluding hydrogens is 486 g/mol. The molecule has 0 spiro atoms. The molecule has 6 nitrogen and oxygen atoms in total. The van der Waals surface area contributed by atoms with Gasteiger partial charge < -0.3 is 19.2 Å². The number of ether oxygens (including phenoxy) is 1. The number of ketones is 1. The molecule has 0 fully saturated rings. The van der Waals surface area contributed by atoms with Gasteiger partial charge >= 0.3 is 0 Å². The maximum Gasteiger partial charge on any atom is 0.290 e. The zero-order chi connectivity index (χ0) is 23.7. The topological polar surface area (TPSA) is 80.0 Å². The highest BCUT2D eigenvalue weighted by atomic mass is 79.9. The molecule has 1 unspecified atom stereocenters. The molecule has 4 rings (SSSR count). The first-order chi connectivity index (χ1) is 15.8. The molecule has 0 radical (unpaired) electrons. The number of fused-ring (bicyclic) bond motifs is 1. The van der Waals surface area contributed by atoms with Gasteiger partial charge in [-0.1, -0.05) is 40.2 Å². The second kappa shape index (κ2) is 9.53. The Bertz CT molecular complexity index is 1240. The fourth-order valence-electron chi connectivity index (χ4n) is 4.15. The molecule has 33 heavy (non-hydrogen) atoms. The normalized spacial score (nSPS) is 16.5. The number of aliphatic hydroxyl groups is 1. The van der Waals surface area contributed by atoms with Crippen LogP contribution in [0.1, 0.15) is 48.0 Å². The van der Waals surface area contributed by atoms with Gasteiger partial charge in [-0.3, -0.25) is 9.59 Å². The van der Waals surface area contributed by atoms with Crippen LogP contribution in [0.25, 0.3) is 11.0 Å². The van der Waals surface area contributed by atoms with E-state index in [1.807, 2.05) is 57.2 Å². The standard InChI is InChI=1S/C26H26BrNO5/c1-15(2)32-12-6-11-28-23(19-8-5-4-7-16(19)3)22(25(30)26(28)31)24(29)21-14-17-13-18(27)9-10-20(17)33-21/h4-5,7-10,13-15,23,30H,6,11-12H2,1-3H3. The lowest BCUT2D eigenvalue weighted by Crippen LogP contribution is -2.33. The molecule has 1 aliphatic rings. The number of benzene rings is 2. The quantitative estimate of drug-likeness (QED) is 0.301. The Morgan fingerprint density at radius 2 is 1.97 bits per heavy atom. The highest BCUT2D eigenvalue weighted by Crippen LogP contribution is 2.40. The lowest BCUT2D eigenvalue weighted by molar-refractivity contribution is -0.129. The summed E-state index contributed by atoms with van der Waals surface area (Å²) in [6, 6.07) is 14.0. The summed E-state index contributed by atoms with van der Waals surface area (Å²) in [5.74, 6) is -1.50. The van der Waals surface area contributed by atoms with E-state index in [2.05, 4.69) is 15.9 Å². The molecule has 172 valence electrons. The zero-order valence-corrected chi connectivity index (χ0v) is 20.4. The predicted octanol–water partition coefficient (Wildman–Crippen LogP) is 5.90. The van der Waals surface area contributed by atoms with Crippen molar-refractivity contribution in [3.8, 4) is 0 Å². The van der Waals surface area contributed by atoms with Crippen LogP contribution in [0, 0.1) is 6.92 Å². The van der Waals surface area contributed by atoms with Gasteiger partial charge in [-0.2, -0.15) is 0 Å². The van der Waals surface area contributed by atoms with Gasteiger partial charge in [0.05, 0.1) is 17.7 Å². The number of aryl methyl sites for hydroxylation is 1. The van der Waals surface area contributed by atoms with Gasteiger partial charge in [-0.15, -0.1) is 0 Å². The van der Waals surface area contributed by atoms with Crippen molar-refractivity contribution in [2.75, 3.05) is 13.2 Å². The van der Waals surface area contributed by atoms with Gasteiger partial charge in [0.15, 0.2) is 11.5 Å². The lowest BCUT2D eigenvalue weighted by Gasteiger charge is -2.28. The van der Waals surface area contributed by atoms with Crippen LogP contribution in [0.15, 0.2) is 68.8 Å². The van der Waals surface area contributed by atoms with Crippen LogP contribution in [0.5, 0.6) is 0 Å². The van der Waals surface area contributed by atoms with Gasteiger partial charge in [0, 0.05) is 23.0 Å². The van der Waals surface area contributed by atoms with Gasteiger partial charge in [-0.25, -0.2) is 0 Å². The first-order valence-corrected chi connectivity index (χ1v) is 11.7. The van der Waals surface area contributed by atoms with Crippen LogP contribution < -0.4 is 0 Å². The average molecular weight is 512 g/mol. The number of halogens is 1. The molecule has 1 aliphatic heterocycles. The summed E-state index contributed by atoms with van der Waals surface area (Å²) in [7, 11) is 0. The molecule has 0 bridgehead atoms. The van der Waals surface area contributed by atoms with E-state index in [1.54, 1.807) is 17.0 Å². The summed E-state index contributed by atoms with van der Waals surface area (Å²) in [6.07, 6.45) is 0.669. The third-order valence-electron chi connectivity index (χ3n) is 5.73. The number of carbonyl (C=O) groups is 2. The van der Waals surface area contributed by atoms with E-state index in [0.717, 1.165) is 21.0 Å². The molecule has 1 amide bonds. The Balaban J connectivity index is 1.72. The number of amides is 1. The highest BCUT2D eigenvalue weighted by molar-refractivity contribution is 9.10. The number of carbonyl (C=O) groups excluding carboxylic acids is 2. The smallest absolute Gasteiger partial charge is 0.290 e. The Hall–Kier alpha value is -2.90. The van der Waals surface area contributed by atoms with E-state index in [4.69, 9.17) is 9.15 Å². The molecule has 2 aromatic carbocycles. The first-order valence-electron chi connectivity index (χ1n) is 10.9. The summed E-state index contributed by atoms with van der Waals surface area (Å²) < 4.78 is 12.3. The Morgan fingerprint density at radius 3 is 2.70 bits per heavy atom. The van der Waals surface area contributed by atoms with Crippen LogP contribution in [-0.4, -0.2) is 41.0 Å². The number of rotatable bonds is 8. The molecular formula is C26H26BrNO5. The van der Waals surface area contributed by atoms with Crippen molar-refractivity contribution >= 4 is 38.6 Å². The van der Waals surface area contributed by atoms with E-state index in [0.29, 0.717) is 25.2 Å². The maximum absolute atomic E-state index is 13.6. The number of aliphatic hydroxyl groups excluding tert-OH is 1. The number of hydrogen-bond donors (Lipinski definition) is 1. The van der Waals surface area contributed by atoms with Crippen molar-refractivity contribution in [3.05, 3.63) is 81.2 Å². The van der Waals surface area contributed by atoms with Crippen molar-refractivity contribution in [2.45, 2.75) is 39.3 Å². The molecule has 1 N–H and O–H groups in total. The monoisotopic (exact) mass is 511 g/mol. The summed E-state index contributed by atoms with van der Waals surface area (Å²) in [5.41, 5.74) is 2.31. The third kappa shape index (κ3) is 4.61. The molecule has 3 aromatic rings. The van der Waals surface area contributed by atoms with Crippen molar-refractivity contribution < 1.29 is 23.8 Å². The Morgan fingerprint density at radius 1 is 1.21 bits per heavy atom. The van der Waals surface area contributed by atoms with Gasteiger partial charge in [-0.05, 0) is 62.6 Å². The maximum atomic E-state index is 13.6. The Kier molecular flexibility index (Phi) is 6.72. The Labute approximate surface area is 201 Å². The largest absolute Gasteiger partial charge is 0.503 e. The minimum atomic E-state index is -0.704.